The molecule has 0 saturated heterocycles. The van der Waals surface area contributed by atoms with Crippen LogP contribution in [0, 0.1) is 0 Å². The van der Waals surface area contributed by atoms with Gasteiger partial charge in [0, 0.05) is 38.4 Å². The van der Waals surface area contributed by atoms with Crippen molar-refractivity contribution in [3.8, 4) is 22.3 Å². The minimum Gasteiger partial charge on any atom is -0.455 e. The predicted molar refractivity (Wildman–Crippen MR) is 169 cm³/mol. The van der Waals surface area contributed by atoms with Crippen molar-refractivity contribution in [2.75, 3.05) is 5.32 Å². The first-order valence-corrected chi connectivity index (χ1v) is 13.6. The van der Waals surface area contributed by atoms with Crippen LogP contribution in [0.1, 0.15) is 0 Å². The van der Waals surface area contributed by atoms with Crippen molar-refractivity contribution in [2.24, 2.45) is 0 Å². The fraction of sp³-hybridized carbons (Fsp3) is 0. The lowest BCUT2D eigenvalue weighted by Gasteiger charge is -2.20. The molecule has 0 aliphatic rings. The SMILES string of the molecule is c1ccc(-c2c3ccccc3c(Nc3ccccc3-c3cccc4c3oc3ccccc34)c3ccccc23)cc1. The van der Waals surface area contributed by atoms with Crippen molar-refractivity contribution < 1.29 is 4.42 Å². The fourth-order valence-corrected chi connectivity index (χ4v) is 6.10. The fourth-order valence-electron chi connectivity index (χ4n) is 6.10. The summed E-state index contributed by atoms with van der Waals surface area (Å²) in [4.78, 5) is 0. The molecule has 40 heavy (non-hydrogen) atoms. The molecule has 0 fully saturated rings. The van der Waals surface area contributed by atoms with Crippen molar-refractivity contribution >= 4 is 54.9 Å². The summed E-state index contributed by atoms with van der Waals surface area (Å²) in [5.74, 6) is 0. The Morgan fingerprint density at radius 1 is 0.400 bits per heavy atom. The Labute approximate surface area is 232 Å². The van der Waals surface area contributed by atoms with Gasteiger partial charge < -0.3 is 9.73 Å². The molecule has 0 bridgehead atoms. The van der Waals surface area contributed by atoms with Crippen LogP contribution in [-0.4, -0.2) is 0 Å². The molecular formula is C38H25NO. The highest BCUT2D eigenvalue weighted by Crippen LogP contribution is 2.45. The molecule has 0 atom stereocenters. The molecule has 2 nitrogen and oxygen atoms in total. The first-order valence-electron chi connectivity index (χ1n) is 13.6. The Balaban J connectivity index is 1.37. The topological polar surface area (TPSA) is 25.2 Å². The smallest absolute Gasteiger partial charge is 0.143 e. The average molecular weight is 512 g/mol. The van der Waals surface area contributed by atoms with E-state index in [-0.39, 0.29) is 0 Å². The average Bonchev–Trinajstić information content (AvgIpc) is 3.41. The highest BCUT2D eigenvalue weighted by Gasteiger charge is 2.18. The summed E-state index contributed by atoms with van der Waals surface area (Å²) in [5.41, 5.74) is 8.62. The van der Waals surface area contributed by atoms with Gasteiger partial charge in [0.2, 0.25) is 0 Å². The van der Waals surface area contributed by atoms with Gasteiger partial charge in [-0.05, 0) is 34.0 Å². The van der Waals surface area contributed by atoms with Gasteiger partial charge in [-0.3, -0.25) is 0 Å². The van der Waals surface area contributed by atoms with E-state index in [0.29, 0.717) is 0 Å². The maximum atomic E-state index is 6.42. The number of para-hydroxylation sites is 3. The molecule has 1 heterocycles. The van der Waals surface area contributed by atoms with Crippen molar-refractivity contribution in [1.82, 2.24) is 0 Å². The molecule has 1 N–H and O–H groups in total. The molecule has 0 saturated carbocycles. The van der Waals surface area contributed by atoms with Gasteiger partial charge in [0.15, 0.2) is 0 Å². The van der Waals surface area contributed by atoms with Crippen LogP contribution in [0.4, 0.5) is 11.4 Å². The zero-order chi connectivity index (χ0) is 26.5. The molecule has 0 amide bonds. The number of nitrogens with one attached hydrogen (secondary N) is 1. The van der Waals surface area contributed by atoms with Crippen molar-refractivity contribution in [3.05, 3.63) is 146 Å². The normalized spacial score (nSPS) is 11.5. The van der Waals surface area contributed by atoms with Gasteiger partial charge in [-0.15, -0.1) is 0 Å². The molecule has 8 aromatic rings. The van der Waals surface area contributed by atoms with Gasteiger partial charge >= 0.3 is 0 Å². The second kappa shape index (κ2) is 9.14. The summed E-state index contributed by atoms with van der Waals surface area (Å²) in [7, 11) is 0. The maximum Gasteiger partial charge on any atom is 0.143 e. The number of benzene rings is 7. The van der Waals surface area contributed by atoms with E-state index in [1.165, 1.54) is 32.7 Å². The minimum atomic E-state index is 0.906. The van der Waals surface area contributed by atoms with Crippen molar-refractivity contribution in [2.45, 2.75) is 0 Å². The van der Waals surface area contributed by atoms with E-state index in [9.17, 15) is 0 Å². The monoisotopic (exact) mass is 511 g/mol. The first-order chi connectivity index (χ1) is 19.9. The zero-order valence-corrected chi connectivity index (χ0v) is 21.8. The number of hydrogen-bond acceptors (Lipinski definition) is 2. The summed E-state index contributed by atoms with van der Waals surface area (Å²) < 4.78 is 6.42. The summed E-state index contributed by atoms with van der Waals surface area (Å²) in [6.07, 6.45) is 0. The van der Waals surface area contributed by atoms with E-state index in [4.69, 9.17) is 4.42 Å². The van der Waals surface area contributed by atoms with Gasteiger partial charge in [-0.25, -0.2) is 0 Å². The summed E-state index contributed by atoms with van der Waals surface area (Å²) >= 11 is 0. The lowest BCUT2D eigenvalue weighted by Crippen LogP contribution is -1.97. The van der Waals surface area contributed by atoms with E-state index in [1.807, 2.05) is 12.1 Å². The van der Waals surface area contributed by atoms with E-state index in [1.54, 1.807) is 0 Å². The van der Waals surface area contributed by atoms with Crippen molar-refractivity contribution in [1.29, 1.82) is 0 Å². The van der Waals surface area contributed by atoms with Crippen molar-refractivity contribution in [3.63, 3.8) is 0 Å². The molecule has 0 radical (unpaired) electrons. The number of hydrogen-bond donors (Lipinski definition) is 1. The number of rotatable bonds is 4. The lowest BCUT2D eigenvalue weighted by molar-refractivity contribution is 0.670. The molecule has 0 spiro atoms. The quantitative estimate of drug-likeness (QED) is 0.238. The van der Waals surface area contributed by atoms with Gasteiger partial charge in [0.25, 0.3) is 0 Å². The van der Waals surface area contributed by atoms with Crippen LogP contribution in [0.5, 0.6) is 0 Å². The highest BCUT2D eigenvalue weighted by molar-refractivity contribution is 6.21. The second-order valence-corrected chi connectivity index (χ2v) is 10.2. The Kier molecular flexibility index (Phi) is 5.17. The first kappa shape index (κ1) is 22.6. The highest BCUT2D eigenvalue weighted by atomic mass is 16.3. The predicted octanol–water partition coefficient (Wildman–Crippen LogP) is 11.0. The molecule has 0 aliphatic carbocycles. The minimum absolute atomic E-state index is 0.906. The molecule has 0 unspecified atom stereocenters. The Bertz CT molecular complexity index is 2130. The van der Waals surface area contributed by atoms with Crippen LogP contribution in [0.15, 0.2) is 150 Å². The molecule has 8 rings (SSSR count). The maximum absolute atomic E-state index is 6.42. The number of fused-ring (bicyclic) bond motifs is 5. The van der Waals surface area contributed by atoms with E-state index in [0.717, 1.165) is 44.4 Å². The van der Waals surface area contributed by atoms with Gasteiger partial charge in [0.05, 0.1) is 5.69 Å². The lowest BCUT2D eigenvalue weighted by atomic mass is 9.90. The second-order valence-electron chi connectivity index (χ2n) is 10.2. The van der Waals surface area contributed by atoms with Gasteiger partial charge in [-0.2, -0.15) is 0 Å². The van der Waals surface area contributed by atoms with E-state index >= 15 is 0 Å². The standard InChI is InChI=1S/C38H25NO/c1-2-13-25(14-3-1)36-28-17-4-6-19-30(28)37(31-20-7-5-18-29(31)36)39-34-23-10-8-15-26(34)32-21-12-22-33-27-16-9-11-24-35(27)40-38(32)33/h1-24,39H. The van der Waals surface area contributed by atoms with E-state index < -0.39 is 0 Å². The Morgan fingerprint density at radius 2 is 0.950 bits per heavy atom. The third kappa shape index (κ3) is 3.50. The van der Waals surface area contributed by atoms with Crippen LogP contribution >= 0.6 is 0 Å². The van der Waals surface area contributed by atoms with Crippen LogP contribution in [-0.2, 0) is 0 Å². The van der Waals surface area contributed by atoms with Crippen LogP contribution in [0.3, 0.4) is 0 Å². The molecule has 1 aromatic heterocycles. The Morgan fingerprint density at radius 3 is 1.70 bits per heavy atom. The number of anilines is 2. The van der Waals surface area contributed by atoms with E-state index in [2.05, 4.69) is 139 Å². The third-order valence-corrected chi connectivity index (χ3v) is 7.88. The Hall–Kier alpha value is -5.34. The molecule has 0 aliphatic heterocycles. The van der Waals surface area contributed by atoms with Crippen LogP contribution in [0.2, 0.25) is 0 Å². The van der Waals surface area contributed by atoms with Crippen LogP contribution in [0.25, 0.3) is 65.7 Å². The number of furan rings is 1. The zero-order valence-electron chi connectivity index (χ0n) is 21.8. The molecule has 2 heteroatoms. The van der Waals surface area contributed by atoms with Gasteiger partial charge in [0.1, 0.15) is 11.2 Å². The molecule has 7 aromatic carbocycles. The third-order valence-electron chi connectivity index (χ3n) is 7.88. The van der Waals surface area contributed by atoms with Crippen LogP contribution < -0.4 is 5.32 Å². The summed E-state index contributed by atoms with van der Waals surface area (Å²) in [5, 5.41) is 11.0. The van der Waals surface area contributed by atoms with Gasteiger partial charge in [-0.1, -0.05) is 133 Å². The summed E-state index contributed by atoms with van der Waals surface area (Å²) in [6.45, 7) is 0. The molecular weight excluding hydrogens is 486 g/mol. The summed E-state index contributed by atoms with van der Waals surface area (Å²) in [6, 6.07) is 51.3. The largest absolute Gasteiger partial charge is 0.455 e. The molecule has 188 valence electrons.